The molecule has 130 valence electrons. The largest absolute Gasteiger partial charge is 0.484 e. The Morgan fingerprint density at radius 1 is 1.24 bits per heavy atom. The number of carbonyl (C=O) groups is 1. The monoisotopic (exact) mass is 376 g/mol. The van der Waals surface area contributed by atoms with E-state index in [4.69, 9.17) is 22.2 Å². The summed E-state index contributed by atoms with van der Waals surface area (Å²) in [6, 6.07) is 9.28. The third-order valence-electron chi connectivity index (χ3n) is 3.42. The van der Waals surface area contributed by atoms with Crippen molar-refractivity contribution in [3.8, 4) is 5.75 Å². The molecule has 0 saturated heterocycles. The van der Waals surface area contributed by atoms with E-state index < -0.39 is 0 Å². The second kappa shape index (κ2) is 7.26. The normalized spacial score (nSPS) is 10.7. The molecule has 0 fully saturated rings. The summed E-state index contributed by atoms with van der Waals surface area (Å²) in [5.41, 5.74) is 5.89. The van der Waals surface area contributed by atoms with Gasteiger partial charge >= 0.3 is 0 Å². The molecule has 25 heavy (non-hydrogen) atoms. The lowest BCUT2D eigenvalue weighted by atomic mass is 10.1. The molecule has 1 amide bonds. The highest BCUT2D eigenvalue weighted by molar-refractivity contribution is 7.22. The molecular weight excluding hydrogens is 360 g/mol. The van der Waals surface area contributed by atoms with E-state index in [1.165, 1.54) is 11.3 Å². The molecule has 3 rings (SSSR count). The molecule has 2 aromatic carbocycles. The molecule has 0 bridgehead atoms. The third-order valence-corrected chi connectivity index (χ3v) is 4.64. The van der Waals surface area contributed by atoms with Gasteiger partial charge in [0.25, 0.3) is 5.91 Å². The summed E-state index contributed by atoms with van der Waals surface area (Å²) < 4.78 is 6.38. The fraction of sp³-hybridized carbons (Fsp3) is 0.176. The number of aromatic nitrogens is 1. The minimum Gasteiger partial charge on any atom is -0.484 e. The van der Waals surface area contributed by atoms with Gasteiger partial charge in [0.2, 0.25) is 0 Å². The topological polar surface area (TPSA) is 89.3 Å². The lowest BCUT2D eigenvalue weighted by Gasteiger charge is -2.09. The quantitative estimate of drug-likeness (QED) is 0.464. The molecule has 0 radical (unpaired) electrons. The average Bonchev–Trinajstić information content (AvgIpc) is 2.96. The SMILES string of the molecule is Cc1cc(C)cc(OCC(=O)Nc2cc(Cl)c3nc(NN)sc3c2)c1. The molecular formula is C17H17ClN4O2S. The van der Waals surface area contributed by atoms with Gasteiger partial charge in [-0.05, 0) is 49.2 Å². The number of nitrogens with zero attached hydrogens (tertiary/aromatic N) is 1. The van der Waals surface area contributed by atoms with Crippen LogP contribution in [0, 0.1) is 13.8 Å². The van der Waals surface area contributed by atoms with E-state index >= 15 is 0 Å². The average molecular weight is 377 g/mol. The number of hydrazine groups is 1. The summed E-state index contributed by atoms with van der Waals surface area (Å²) >= 11 is 7.57. The van der Waals surface area contributed by atoms with Crippen LogP contribution in [0.4, 0.5) is 10.8 Å². The number of anilines is 2. The Morgan fingerprint density at radius 3 is 2.64 bits per heavy atom. The lowest BCUT2D eigenvalue weighted by molar-refractivity contribution is -0.118. The number of benzene rings is 2. The van der Waals surface area contributed by atoms with Gasteiger partial charge < -0.3 is 10.1 Å². The summed E-state index contributed by atoms with van der Waals surface area (Å²) in [6.07, 6.45) is 0. The number of halogens is 1. The predicted molar refractivity (Wildman–Crippen MR) is 102 cm³/mol. The summed E-state index contributed by atoms with van der Waals surface area (Å²) in [5.74, 6) is 5.77. The summed E-state index contributed by atoms with van der Waals surface area (Å²) in [7, 11) is 0. The van der Waals surface area contributed by atoms with Crippen molar-refractivity contribution < 1.29 is 9.53 Å². The number of hydrogen-bond acceptors (Lipinski definition) is 6. The van der Waals surface area contributed by atoms with E-state index in [1.807, 2.05) is 32.0 Å². The first-order valence-electron chi connectivity index (χ1n) is 7.52. The van der Waals surface area contributed by atoms with Crippen LogP contribution in [0.25, 0.3) is 10.2 Å². The fourth-order valence-electron chi connectivity index (χ4n) is 2.48. The Labute approximate surface area is 153 Å². The number of rotatable bonds is 5. The van der Waals surface area contributed by atoms with Crippen LogP contribution >= 0.6 is 22.9 Å². The Morgan fingerprint density at radius 2 is 1.96 bits per heavy atom. The predicted octanol–water partition coefficient (Wildman–Crippen LogP) is 3.87. The van der Waals surface area contributed by atoms with Gasteiger partial charge in [-0.25, -0.2) is 10.8 Å². The highest BCUT2D eigenvalue weighted by Crippen LogP contribution is 2.33. The third kappa shape index (κ3) is 4.19. The molecule has 0 atom stereocenters. The molecule has 1 heterocycles. The highest BCUT2D eigenvalue weighted by Gasteiger charge is 2.11. The molecule has 0 aliphatic rings. The van der Waals surface area contributed by atoms with Gasteiger partial charge in [-0.3, -0.25) is 10.2 Å². The molecule has 4 N–H and O–H groups in total. The first kappa shape index (κ1) is 17.5. The van der Waals surface area contributed by atoms with Crippen molar-refractivity contribution >= 4 is 49.9 Å². The molecule has 0 aliphatic heterocycles. The molecule has 1 aromatic heterocycles. The van der Waals surface area contributed by atoms with Gasteiger partial charge in [-0.15, -0.1) is 0 Å². The molecule has 8 heteroatoms. The molecule has 6 nitrogen and oxygen atoms in total. The summed E-state index contributed by atoms with van der Waals surface area (Å²) in [4.78, 5) is 16.4. The number of carbonyl (C=O) groups excluding carboxylic acids is 1. The van der Waals surface area contributed by atoms with Crippen LogP contribution < -0.4 is 21.3 Å². The van der Waals surface area contributed by atoms with E-state index in [0.717, 1.165) is 15.8 Å². The molecule has 0 saturated carbocycles. The van der Waals surface area contributed by atoms with Gasteiger partial charge in [0.15, 0.2) is 11.7 Å². The zero-order valence-corrected chi connectivity index (χ0v) is 15.3. The standard InChI is InChI=1S/C17H17ClN4O2S/c1-9-3-10(2)5-12(4-9)24-8-15(23)20-11-6-13(18)16-14(7-11)25-17(21-16)22-19/h3-7H,8,19H2,1-2H3,(H,20,23)(H,21,22). The van der Waals surface area contributed by atoms with Gasteiger partial charge in [0.05, 0.1) is 9.72 Å². The number of hydrogen-bond donors (Lipinski definition) is 3. The number of nitrogens with two attached hydrogens (primary N) is 1. The number of nitrogen functional groups attached to an aromatic ring is 1. The Hall–Kier alpha value is -2.35. The number of fused-ring (bicyclic) bond motifs is 1. The van der Waals surface area contributed by atoms with E-state index in [9.17, 15) is 4.79 Å². The zero-order valence-electron chi connectivity index (χ0n) is 13.7. The molecule has 0 spiro atoms. The number of nitrogens with one attached hydrogen (secondary N) is 2. The Balaban J connectivity index is 1.69. The van der Waals surface area contributed by atoms with E-state index in [1.54, 1.807) is 12.1 Å². The minimum atomic E-state index is -0.267. The van der Waals surface area contributed by atoms with E-state index in [0.29, 0.717) is 27.1 Å². The molecule has 3 aromatic rings. The van der Waals surface area contributed by atoms with Crippen molar-refractivity contribution in [1.29, 1.82) is 0 Å². The maximum absolute atomic E-state index is 12.1. The summed E-state index contributed by atoms with van der Waals surface area (Å²) in [5, 5.41) is 3.78. The van der Waals surface area contributed by atoms with Gasteiger partial charge in [0, 0.05) is 5.69 Å². The first-order chi connectivity index (χ1) is 11.9. The second-order valence-electron chi connectivity index (χ2n) is 5.63. The Kier molecular flexibility index (Phi) is 5.08. The second-order valence-corrected chi connectivity index (χ2v) is 7.07. The maximum atomic E-state index is 12.1. The first-order valence-corrected chi connectivity index (χ1v) is 8.71. The van der Waals surface area contributed by atoms with Crippen molar-refractivity contribution in [1.82, 2.24) is 4.98 Å². The van der Waals surface area contributed by atoms with Crippen LogP contribution in [-0.2, 0) is 4.79 Å². The van der Waals surface area contributed by atoms with Gasteiger partial charge in [-0.2, -0.15) is 0 Å². The van der Waals surface area contributed by atoms with Crippen molar-refractivity contribution in [3.63, 3.8) is 0 Å². The van der Waals surface area contributed by atoms with Crippen LogP contribution in [0.3, 0.4) is 0 Å². The van der Waals surface area contributed by atoms with Crippen LogP contribution in [-0.4, -0.2) is 17.5 Å². The van der Waals surface area contributed by atoms with Crippen LogP contribution in [0.1, 0.15) is 11.1 Å². The van der Waals surface area contributed by atoms with Crippen LogP contribution in [0.2, 0.25) is 5.02 Å². The fourth-order valence-corrected chi connectivity index (χ4v) is 3.64. The van der Waals surface area contributed by atoms with Crippen LogP contribution in [0.5, 0.6) is 5.75 Å². The van der Waals surface area contributed by atoms with Crippen molar-refractivity contribution in [2.24, 2.45) is 5.84 Å². The van der Waals surface area contributed by atoms with Crippen molar-refractivity contribution in [2.75, 3.05) is 17.3 Å². The van der Waals surface area contributed by atoms with E-state index in [-0.39, 0.29) is 12.5 Å². The maximum Gasteiger partial charge on any atom is 0.262 e. The summed E-state index contributed by atoms with van der Waals surface area (Å²) in [6.45, 7) is 3.88. The smallest absolute Gasteiger partial charge is 0.262 e. The minimum absolute atomic E-state index is 0.0865. The van der Waals surface area contributed by atoms with Crippen LogP contribution in [0.15, 0.2) is 30.3 Å². The Bertz CT molecular complexity index is 922. The lowest BCUT2D eigenvalue weighted by Crippen LogP contribution is -2.20. The number of aryl methyl sites for hydroxylation is 2. The number of amides is 1. The van der Waals surface area contributed by atoms with Gasteiger partial charge in [-0.1, -0.05) is 29.0 Å². The van der Waals surface area contributed by atoms with E-state index in [2.05, 4.69) is 15.7 Å². The molecule has 0 unspecified atom stereocenters. The van der Waals surface area contributed by atoms with Gasteiger partial charge in [0.1, 0.15) is 11.3 Å². The van der Waals surface area contributed by atoms with Crippen molar-refractivity contribution in [3.05, 3.63) is 46.5 Å². The number of thiazole rings is 1. The zero-order chi connectivity index (χ0) is 18.0. The highest BCUT2D eigenvalue weighted by atomic mass is 35.5. The molecule has 0 aliphatic carbocycles. The van der Waals surface area contributed by atoms with Crippen molar-refractivity contribution in [2.45, 2.75) is 13.8 Å². The number of ether oxygens (including phenoxy) is 1.